The van der Waals surface area contributed by atoms with E-state index in [4.69, 9.17) is 9.47 Å². The fourth-order valence-electron chi connectivity index (χ4n) is 3.01. The summed E-state index contributed by atoms with van der Waals surface area (Å²) in [5.41, 5.74) is -1.50. The van der Waals surface area contributed by atoms with Gasteiger partial charge in [0.15, 0.2) is 0 Å². The van der Waals surface area contributed by atoms with Crippen molar-refractivity contribution in [2.24, 2.45) is 0 Å². The van der Waals surface area contributed by atoms with Crippen molar-refractivity contribution in [1.82, 2.24) is 4.90 Å². The predicted octanol–water partition coefficient (Wildman–Crippen LogP) is 3.62. The van der Waals surface area contributed by atoms with Gasteiger partial charge in [-0.2, -0.15) is 0 Å². The molecular formula is C17H25NO4S. The van der Waals surface area contributed by atoms with Crippen LogP contribution in [-0.2, 0) is 20.7 Å². The van der Waals surface area contributed by atoms with Crippen LogP contribution in [0.25, 0.3) is 0 Å². The van der Waals surface area contributed by atoms with E-state index in [1.54, 1.807) is 16.2 Å². The largest absolute Gasteiger partial charge is 0.467 e. The molecule has 1 aromatic heterocycles. The van der Waals surface area contributed by atoms with Crippen molar-refractivity contribution in [3.63, 3.8) is 0 Å². The molecule has 2 heterocycles. The zero-order chi connectivity index (χ0) is 17.1. The van der Waals surface area contributed by atoms with Crippen LogP contribution in [0.5, 0.6) is 0 Å². The third-order valence-electron chi connectivity index (χ3n) is 4.03. The highest BCUT2D eigenvalue weighted by molar-refractivity contribution is 7.09. The Bertz CT molecular complexity index is 549. The summed E-state index contributed by atoms with van der Waals surface area (Å²) in [5.74, 6) is -0.350. The van der Waals surface area contributed by atoms with E-state index in [0.717, 1.165) is 12.8 Å². The van der Waals surface area contributed by atoms with Gasteiger partial charge in [-0.25, -0.2) is 9.59 Å². The second-order valence-electron chi connectivity index (χ2n) is 6.84. The van der Waals surface area contributed by atoms with Crippen LogP contribution in [0, 0.1) is 0 Å². The maximum absolute atomic E-state index is 12.6. The number of thiophene rings is 1. The number of carbonyl (C=O) groups excluding carboxylic acids is 2. The number of hydrogen-bond donors (Lipinski definition) is 0. The molecule has 1 amide bonds. The van der Waals surface area contributed by atoms with E-state index in [0.29, 0.717) is 19.4 Å². The van der Waals surface area contributed by atoms with Gasteiger partial charge in [-0.3, -0.25) is 4.90 Å². The van der Waals surface area contributed by atoms with E-state index in [9.17, 15) is 9.59 Å². The second kappa shape index (κ2) is 6.91. The topological polar surface area (TPSA) is 55.8 Å². The van der Waals surface area contributed by atoms with Gasteiger partial charge in [0, 0.05) is 11.4 Å². The summed E-state index contributed by atoms with van der Waals surface area (Å²) in [6, 6.07) is 4.04. The summed E-state index contributed by atoms with van der Waals surface area (Å²) in [6.45, 7) is 6.00. The Morgan fingerprint density at radius 2 is 2.13 bits per heavy atom. The molecular weight excluding hydrogens is 314 g/mol. The van der Waals surface area contributed by atoms with Crippen molar-refractivity contribution < 1.29 is 19.1 Å². The van der Waals surface area contributed by atoms with Gasteiger partial charge in [0.1, 0.15) is 11.1 Å². The van der Waals surface area contributed by atoms with Crippen LogP contribution < -0.4 is 0 Å². The van der Waals surface area contributed by atoms with Gasteiger partial charge in [0.2, 0.25) is 0 Å². The summed E-state index contributed by atoms with van der Waals surface area (Å²) in [5, 5.41) is 2.01. The van der Waals surface area contributed by atoms with Crippen molar-refractivity contribution in [3.8, 4) is 0 Å². The molecule has 5 nitrogen and oxygen atoms in total. The quantitative estimate of drug-likeness (QED) is 0.786. The Morgan fingerprint density at radius 1 is 1.39 bits per heavy atom. The van der Waals surface area contributed by atoms with Crippen LogP contribution in [-0.4, -0.2) is 41.8 Å². The highest BCUT2D eigenvalue weighted by Gasteiger charge is 2.51. The van der Waals surface area contributed by atoms with Gasteiger partial charge < -0.3 is 9.47 Å². The number of ether oxygens (including phenoxy) is 2. The lowest BCUT2D eigenvalue weighted by atomic mass is 9.90. The monoisotopic (exact) mass is 339 g/mol. The van der Waals surface area contributed by atoms with E-state index in [2.05, 4.69) is 0 Å². The lowest BCUT2D eigenvalue weighted by molar-refractivity contribution is -0.153. The minimum absolute atomic E-state index is 0.350. The van der Waals surface area contributed by atoms with Crippen molar-refractivity contribution >= 4 is 23.4 Å². The standard InChI is InChI=1S/C17H25NO4S/c1-16(2,3)22-15(20)18-11-6-9-17(18,14(19)21-4)10-8-13-7-5-12-23-13/h5,7,12H,6,8-11H2,1-4H3. The van der Waals surface area contributed by atoms with Crippen LogP contribution in [0.4, 0.5) is 4.79 Å². The Labute approximate surface area is 141 Å². The first kappa shape index (κ1) is 17.8. The van der Waals surface area contributed by atoms with Crippen LogP contribution in [0.2, 0.25) is 0 Å². The minimum Gasteiger partial charge on any atom is -0.467 e. The lowest BCUT2D eigenvalue weighted by Gasteiger charge is -2.36. The Kier molecular flexibility index (Phi) is 5.34. The fourth-order valence-corrected chi connectivity index (χ4v) is 3.72. The third kappa shape index (κ3) is 4.05. The molecule has 1 aromatic rings. The molecule has 128 valence electrons. The first-order chi connectivity index (χ1) is 10.8. The number of aryl methyl sites for hydroxylation is 1. The third-order valence-corrected chi connectivity index (χ3v) is 4.97. The minimum atomic E-state index is -0.916. The molecule has 0 N–H and O–H groups in total. The molecule has 1 aliphatic rings. The number of carbonyl (C=O) groups is 2. The molecule has 2 rings (SSSR count). The van der Waals surface area contributed by atoms with E-state index in [1.165, 1.54) is 12.0 Å². The molecule has 23 heavy (non-hydrogen) atoms. The molecule has 1 aliphatic heterocycles. The molecule has 0 saturated carbocycles. The van der Waals surface area contributed by atoms with Crippen LogP contribution in [0.3, 0.4) is 0 Å². The number of methoxy groups -OCH3 is 1. The summed E-state index contributed by atoms with van der Waals surface area (Å²) in [7, 11) is 1.38. The van der Waals surface area contributed by atoms with Gasteiger partial charge in [0.25, 0.3) is 0 Å². The predicted molar refractivity (Wildman–Crippen MR) is 89.6 cm³/mol. The maximum atomic E-state index is 12.6. The van der Waals surface area contributed by atoms with E-state index in [-0.39, 0.29) is 5.97 Å². The average molecular weight is 339 g/mol. The number of nitrogens with zero attached hydrogens (tertiary/aromatic N) is 1. The lowest BCUT2D eigenvalue weighted by Crippen LogP contribution is -2.55. The Morgan fingerprint density at radius 3 is 2.70 bits per heavy atom. The Balaban J connectivity index is 2.21. The van der Waals surface area contributed by atoms with Crippen molar-refractivity contribution in [2.75, 3.05) is 13.7 Å². The maximum Gasteiger partial charge on any atom is 0.411 e. The molecule has 0 radical (unpaired) electrons. The molecule has 0 aromatic carbocycles. The van der Waals surface area contributed by atoms with Crippen LogP contribution in [0.1, 0.15) is 44.9 Å². The van der Waals surface area contributed by atoms with Crippen LogP contribution in [0.15, 0.2) is 17.5 Å². The normalized spacial score (nSPS) is 21.3. The first-order valence-corrected chi connectivity index (χ1v) is 8.78. The summed E-state index contributed by atoms with van der Waals surface area (Å²) >= 11 is 1.66. The average Bonchev–Trinajstić information content (AvgIpc) is 3.12. The molecule has 1 atom stereocenters. The number of amides is 1. The fraction of sp³-hybridized carbons (Fsp3) is 0.647. The zero-order valence-corrected chi connectivity index (χ0v) is 15.1. The summed E-state index contributed by atoms with van der Waals surface area (Å²) in [6.07, 6.45) is 2.25. The second-order valence-corrected chi connectivity index (χ2v) is 7.87. The number of esters is 1. The molecule has 0 bridgehead atoms. The zero-order valence-electron chi connectivity index (χ0n) is 14.3. The summed E-state index contributed by atoms with van der Waals surface area (Å²) < 4.78 is 10.5. The van der Waals surface area contributed by atoms with E-state index < -0.39 is 17.2 Å². The van der Waals surface area contributed by atoms with E-state index in [1.807, 2.05) is 38.3 Å². The van der Waals surface area contributed by atoms with Crippen molar-refractivity contribution in [1.29, 1.82) is 0 Å². The SMILES string of the molecule is COC(=O)C1(CCc2cccs2)CCCN1C(=O)OC(C)(C)C. The highest BCUT2D eigenvalue weighted by atomic mass is 32.1. The smallest absolute Gasteiger partial charge is 0.411 e. The molecule has 0 aliphatic carbocycles. The van der Waals surface area contributed by atoms with Gasteiger partial charge in [-0.15, -0.1) is 11.3 Å². The van der Waals surface area contributed by atoms with E-state index >= 15 is 0 Å². The molecule has 0 spiro atoms. The molecule has 1 saturated heterocycles. The number of hydrogen-bond acceptors (Lipinski definition) is 5. The molecule has 1 unspecified atom stereocenters. The Hall–Kier alpha value is -1.56. The van der Waals surface area contributed by atoms with Crippen molar-refractivity contribution in [2.45, 2.75) is 57.6 Å². The van der Waals surface area contributed by atoms with Crippen LogP contribution >= 0.6 is 11.3 Å². The first-order valence-electron chi connectivity index (χ1n) is 7.90. The van der Waals surface area contributed by atoms with Gasteiger partial charge in [0.05, 0.1) is 7.11 Å². The van der Waals surface area contributed by atoms with Gasteiger partial charge >= 0.3 is 12.1 Å². The molecule has 1 fully saturated rings. The molecule has 6 heteroatoms. The number of rotatable bonds is 4. The van der Waals surface area contributed by atoms with Gasteiger partial charge in [-0.05, 0) is 57.9 Å². The highest BCUT2D eigenvalue weighted by Crippen LogP contribution is 2.36. The van der Waals surface area contributed by atoms with Crippen molar-refractivity contribution in [3.05, 3.63) is 22.4 Å². The summed E-state index contributed by atoms with van der Waals surface area (Å²) in [4.78, 5) is 27.8. The van der Waals surface area contributed by atoms with Gasteiger partial charge in [-0.1, -0.05) is 6.07 Å². The number of likely N-dealkylation sites (tertiary alicyclic amines) is 1.